The Bertz CT molecular complexity index is 431. The summed E-state index contributed by atoms with van der Waals surface area (Å²) in [6, 6.07) is 0.417. The fourth-order valence-corrected chi connectivity index (χ4v) is 2.39. The maximum absolute atomic E-state index is 11.8. The summed E-state index contributed by atoms with van der Waals surface area (Å²) < 4.78 is 1.90. The van der Waals surface area contributed by atoms with Crippen molar-refractivity contribution < 1.29 is 0 Å². The second-order valence-corrected chi connectivity index (χ2v) is 5.37. The average Bonchev–Trinajstić information content (AvgIpc) is 2.36. The second-order valence-electron chi connectivity index (χ2n) is 4.57. The average molecular weight is 316 g/mol. The summed E-state index contributed by atoms with van der Waals surface area (Å²) in [7, 11) is 1.65. The summed E-state index contributed by atoms with van der Waals surface area (Å²) in [5, 5.41) is 7.47. The third-order valence-electron chi connectivity index (χ3n) is 2.98. The van der Waals surface area contributed by atoms with Crippen molar-refractivity contribution in [3.63, 3.8) is 0 Å². The van der Waals surface area contributed by atoms with E-state index in [0.29, 0.717) is 10.5 Å². The van der Waals surface area contributed by atoms with Gasteiger partial charge in [0.05, 0.1) is 11.9 Å². The van der Waals surface area contributed by atoms with E-state index in [0.717, 1.165) is 24.9 Å². The van der Waals surface area contributed by atoms with Gasteiger partial charge in [-0.2, -0.15) is 5.10 Å². The molecule has 0 bridgehead atoms. The zero-order valence-electron chi connectivity index (χ0n) is 11.4. The molecule has 102 valence electrons. The summed E-state index contributed by atoms with van der Waals surface area (Å²) >= 11 is 3.34. The topological polar surface area (TPSA) is 46.9 Å². The molecule has 0 aliphatic heterocycles. The third kappa shape index (κ3) is 4.12. The van der Waals surface area contributed by atoms with Gasteiger partial charge in [-0.3, -0.25) is 4.79 Å². The first-order valence-electron chi connectivity index (χ1n) is 6.58. The molecule has 0 radical (unpaired) electrons. The molecule has 0 saturated carbocycles. The molecule has 1 atom stereocenters. The van der Waals surface area contributed by atoms with Crippen LogP contribution in [0.25, 0.3) is 0 Å². The van der Waals surface area contributed by atoms with E-state index in [9.17, 15) is 4.79 Å². The second kappa shape index (κ2) is 7.56. The lowest BCUT2D eigenvalue weighted by molar-refractivity contribution is 0.563. The first-order chi connectivity index (χ1) is 8.60. The van der Waals surface area contributed by atoms with Crippen LogP contribution in [0.2, 0.25) is 0 Å². The van der Waals surface area contributed by atoms with Crippen LogP contribution in [0, 0.1) is 0 Å². The molecular weight excluding hydrogens is 294 g/mol. The van der Waals surface area contributed by atoms with Crippen molar-refractivity contribution >= 4 is 21.6 Å². The van der Waals surface area contributed by atoms with E-state index in [4.69, 9.17) is 0 Å². The van der Waals surface area contributed by atoms with Gasteiger partial charge in [0, 0.05) is 13.1 Å². The van der Waals surface area contributed by atoms with Crippen molar-refractivity contribution in [2.75, 3.05) is 5.32 Å². The third-order valence-corrected chi connectivity index (χ3v) is 3.75. The summed E-state index contributed by atoms with van der Waals surface area (Å²) in [6.07, 6.45) is 7.48. The van der Waals surface area contributed by atoms with Gasteiger partial charge in [0.2, 0.25) is 0 Å². The molecule has 0 spiro atoms. The van der Waals surface area contributed by atoms with E-state index in [1.165, 1.54) is 17.5 Å². The van der Waals surface area contributed by atoms with Gasteiger partial charge in [0.1, 0.15) is 4.47 Å². The molecule has 0 aromatic carbocycles. The lowest BCUT2D eigenvalue weighted by Crippen LogP contribution is -2.25. The Morgan fingerprint density at radius 2 is 2.11 bits per heavy atom. The highest BCUT2D eigenvalue weighted by Crippen LogP contribution is 2.20. The predicted octanol–water partition coefficient (Wildman–Crippen LogP) is 3.31. The fourth-order valence-electron chi connectivity index (χ4n) is 1.92. The minimum atomic E-state index is -0.106. The molecule has 0 aliphatic carbocycles. The molecule has 4 nitrogen and oxygen atoms in total. The van der Waals surface area contributed by atoms with Crippen LogP contribution in [0.1, 0.15) is 46.0 Å². The molecule has 1 heterocycles. The molecule has 1 aromatic rings. The molecule has 1 aromatic heterocycles. The monoisotopic (exact) mass is 315 g/mol. The highest BCUT2D eigenvalue weighted by atomic mass is 79.9. The molecule has 5 heteroatoms. The quantitative estimate of drug-likeness (QED) is 0.839. The van der Waals surface area contributed by atoms with Gasteiger partial charge in [0.25, 0.3) is 5.56 Å². The van der Waals surface area contributed by atoms with Crippen molar-refractivity contribution in [2.24, 2.45) is 7.05 Å². The zero-order chi connectivity index (χ0) is 13.5. The maximum atomic E-state index is 11.8. The lowest BCUT2D eigenvalue weighted by atomic mass is 10.1. The van der Waals surface area contributed by atoms with Crippen LogP contribution in [-0.4, -0.2) is 15.8 Å². The van der Waals surface area contributed by atoms with Gasteiger partial charge in [-0.25, -0.2) is 4.68 Å². The number of unbranched alkanes of at least 4 members (excludes halogenated alkanes) is 1. The lowest BCUT2D eigenvalue weighted by Gasteiger charge is -2.19. The van der Waals surface area contributed by atoms with Gasteiger partial charge in [-0.15, -0.1) is 0 Å². The van der Waals surface area contributed by atoms with E-state index < -0.39 is 0 Å². The van der Waals surface area contributed by atoms with E-state index in [1.807, 2.05) is 0 Å². The zero-order valence-corrected chi connectivity index (χ0v) is 13.0. The van der Waals surface area contributed by atoms with Crippen LogP contribution in [0.3, 0.4) is 0 Å². The van der Waals surface area contributed by atoms with Crippen molar-refractivity contribution in [1.82, 2.24) is 9.78 Å². The Labute approximate surface area is 117 Å². The fraction of sp³-hybridized carbons (Fsp3) is 0.692. The highest BCUT2D eigenvalue weighted by Gasteiger charge is 2.12. The smallest absolute Gasteiger partial charge is 0.282 e. The molecule has 1 rings (SSSR count). The van der Waals surface area contributed by atoms with Crippen LogP contribution in [-0.2, 0) is 7.05 Å². The maximum Gasteiger partial charge on any atom is 0.282 e. The Hall–Kier alpha value is -0.840. The SMILES string of the molecule is CCCCC(CCC)Nc1cnn(C)c(=O)c1Br. The van der Waals surface area contributed by atoms with E-state index in [-0.39, 0.29) is 5.56 Å². The Morgan fingerprint density at radius 1 is 1.39 bits per heavy atom. The minimum Gasteiger partial charge on any atom is -0.380 e. The standard InChI is InChI=1S/C13H22BrN3O/c1-4-6-8-10(7-5-2)16-11-9-15-17(3)13(18)12(11)14/h9-10,16H,4-8H2,1-3H3. The Balaban J connectivity index is 2.80. The van der Waals surface area contributed by atoms with E-state index in [2.05, 4.69) is 40.2 Å². The summed E-state index contributed by atoms with van der Waals surface area (Å²) in [4.78, 5) is 11.8. The van der Waals surface area contributed by atoms with Crippen LogP contribution in [0.5, 0.6) is 0 Å². The number of aromatic nitrogens is 2. The van der Waals surface area contributed by atoms with Gasteiger partial charge in [0.15, 0.2) is 0 Å². The van der Waals surface area contributed by atoms with Crippen LogP contribution in [0.4, 0.5) is 5.69 Å². The van der Waals surface area contributed by atoms with Gasteiger partial charge < -0.3 is 5.32 Å². The molecular formula is C13H22BrN3O. The van der Waals surface area contributed by atoms with Crippen LogP contribution >= 0.6 is 15.9 Å². The Kier molecular flexibility index (Phi) is 6.39. The number of hydrogen-bond acceptors (Lipinski definition) is 3. The number of aryl methyl sites for hydroxylation is 1. The van der Waals surface area contributed by atoms with Gasteiger partial charge >= 0.3 is 0 Å². The Morgan fingerprint density at radius 3 is 2.72 bits per heavy atom. The molecule has 0 amide bonds. The first-order valence-corrected chi connectivity index (χ1v) is 7.37. The highest BCUT2D eigenvalue weighted by molar-refractivity contribution is 9.10. The van der Waals surface area contributed by atoms with Crippen molar-refractivity contribution in [1.29, 1.82) is 0 Å². The number of rotatable bonds is 7. The van der Waals surface area contributed by atoms with Gasteiger partial charge in [-0.1, -0.05) is 33.1 Å². The van der Waals surface area contributed by atoms with Crippen molar-refractivity contribution in [2.45, 2.75) is 52.0 Å². The van der Waals surface area contributed by atoms with Crippen molar-refractivity contribution in [3.05, 3.63) is 21.0 Å². The summed E-state index contributed by atoms with van der Waals surface area (Å²) in [5.74, 6) is 0. The molecule has 0 fully saturated rings. The molecule has 0 saturated heterocycles. The normalized spacial score (nSPS) is 12.4. The molecule has 1 N–H and O–H groups in total. The van der Waals surface area contributed by atoms with Crippen molar-refractivity contribution in [3.8, 4) is 0 Å². The minimum absolute atomic E-state index is 0.106. The van der Waals surface area contributed by atoms with E-state index in [1.54, 1.807) is 13.2 Å². The number of hydrogen-bond donors (Lipinski definition) is 1. The molecule has 0 aliphatic rings. The number of nitrogens with one attached hydrogen (secondary N) is 1. The number of anilines is 1. The van der Waals surface area contributed by atoms with Crippen LogP contribution in [0.15, 0.2) is 15.5 Å². The molecule has 18 heavy (non-hydrogen) atoms. The largest absolute Gasteiger partial charge is 0.380 e. The summed E-state index contributed by atoms with van der Waals surface area (Å²) in [5.41, 5.74) is 0.693. The number of halogens is 1. The summed E-state index contributed by atoms with van der Waals surface area (Å²) in [6.45, 7) is 4.37. The predicted molar refractivity (Wildman–Crippen MR) is 79.0 cm³/mol. The van der Waals surface area contributed by atoms with Crippen LogP contribution < -0.4 is 10.9 Å². The number of nitrogens with zero attached hydrogens (tertiary/aromatic N) is 2. The molecule has 1 unspecified atom stereocenters. The van der Waals surface area contributed by atoms with E-state index >= 15 is 0 Å². The first kappa shape index (κ1) is 15.2. The van der Waals surface area contributed by atoms with Gasteiger partial charge in [-0.05, 0) is 28.8 Å².